The lowest BCUT2D eigenvalue weighted by Gasteiger charge is -2.14. The van der Waals surface area contributed by atoms with Gasteiger partial charge in [-0.2, -0.15) is 0 Å². The molecule has 3 aromatic rings. The molecule has 122 valence electrons. The number of fused-ring (bicyclic) bond motifs is 1. The Morgan fingerprint density at radius 2 is 1.54 bits per heavy atom. The van der Waals surface area contributed by atoms with E-state index in [2.05, 4.69) is 0 Å². The largest absolute Gasteiger partial charge is 0.490 e. The molecule has 0 aromatic heterocycles. The van der Waals surface area contributed by atoms with E-state index < -0.39 is 0 Å². The topological polar surface area (TPSA) is 44.5 Å². The first-order chi connectivity index (χ1) is 11.7. The third-order valence-electron chi connectivity index (χ3n) is 3.83. The number of para-hydroxylation sites is 1. The van der Waals surface area contributed by atoms with Gasteiger partial charge < -0.3 is 15.2 Å². The van der Waals surface area contributed by atoms with Gasteiger partial charge in [-0.1, -0.05) is 60.7 Å². The Hall–Kier alpha value is -2.59. The van der Waals surface area contributed by atoms with Gasteiger partial charge in [0.1, 0.15) is 29.7 Å². The van der Waals surface area contributed by atoms with Gasteiger partial charge in [0.15, 0.2) is 0 Å². The summed E-state index contributed by atoms with van der Waals surface area (Å²) < 4.78 is 11.6. The molecule has 0 unspecified atom stereocenters. The van der Waals surface area contributed by atoms with Crippen molar-refractivity contribution in [1.82, 2.24) is 0 Å². The smallest absolute Gasteiger partial charge is 0.130 e. The van der Waals surface area contributed by atoms with Crippen molar-refractivity contribution in [2.75, 3.05) is 13.2 Å². The molecule has 0 spiro atoms. The van der Waals surface area contributed by atoms with E-state index in [0.717, 1.165) is 27.6 Å². The van der Waals surface area contributed by atoms with Crippen LogP contribution in [0.15, 0.2) is 60.7 Å². The zero-order valence-electron chi connectivity index (χ0n) is 13.5. The standard InChI is InChI=1S/C20H19NO2S/c1-14-6-2-5-9-17(14)22-12-13-23-18-11-10-15-7-3-4-8-16(15)19(18)20(21)24/h2-11H,12-13H2,1H3,(H2,21,24). The molecule has 3 aromatic carbocycles. The van der Waals surface area contributed by atoms with Crippen LogP contribution in [0.3, 0.4) is 0 Å². The molecule has 0 atom stereocenters. The number of ether oxygens (including phenoxy) is 2. The Kier molecular flexibility index (Phi) is 4.96. The van der Waals surface area contributed by atoms with Crippen LogP contribution in [0.2, 0.25) is 0 Å². The highest BCUT2D eigenvalue weighted by Crippen LogP contribution is 2.28. The van der Waals surface area contributed by atoms with Crippen LogP contribution in [0.4, 0.5) is 0 Å². The SMILES string of the molecule is Cc1ccccc1OCCOc1ccc2ccccc2c1C(N)=S. The highest BCUT2D eigenvalue weighted by Gasteiger charge is 2.11. The second-order valence-corrected chi connectivity index (χ2v) is 5.93. The van der Waals surface area contributed by atoms with E-state index in [4.69, 9.17) is 27.4 Å². The minimum Gasteiger partial charge on any atom is -0.490 e. The van der Waals surface area contributed by atoms with E-state index in [1.807, 2.05) is 67.6 Å². The molecule has 0 aliphatic carbocycles. The molecular weight excluding hydrogens is 318 g/mol. The maximum atomic E-state index is 5.92. The number of hydrogen-bond donors (Lipinski definition) is 1. The fourth-order valence-electron chi connectivity index (χ4n) is 2.65. The molecule has 0 radical (unpaired) electrons. The zero-order chi connectivity index (χ0) is 16.9. The van der Waals surface area contributed by atoms with Crippen molar-refractivity contribution in [3.8, 4) is 11.5 Å². The monoisotopic (exact) mass is 337 g/mol. The van der Waals surface area contributed by atoms with Gasteiger partial charge in [-0.15, -0.1) is 0 Å². The van der Waals surface area contributed by atoms with Gasteiger partial charge in [0.25, 0.3) is 0 Å². The summed E-state index contributed by atoms with van der Waals surface area (Å²) in [5, 5.41) is 2.09. The van der Waals surface area contributed by atoms with Crippen LogP contribution in [-0.2, 0) is 0 Å². The van der Waals surface area contributed by atoms with Gasteiger partial charge in [-0.05, 0) is 35.4 Å². The molecule has 24 heavy (non-hydrogen) atoms. The average molecular weight is 337 g/mol. The summed E-state index contributed by atoms with van der Waals surface area (Å²) in [6, 6.07) is 19.8. The van der Waals surface area contributed by atoms with Crippen LogP contribution in [-0.4, -0.2) is 18.2 Å². The fourth-order valence-corrected chi connectivity index (χ4v) is 2.86. The third kappa shape index (κ3) is 3.49. The molecule has 0 saturated carbocycles. The van der Waals surface area contributed by atoms with Crippen molar-refractivity contribution in [2.24, 2.45) is 5.73 Å². The summed E-state index contributed by atoms with van der Waals surface area (Å²) in [6.07, 6.45) is 0. The predicted octanol–water partition coefficient (Wildman–Crippen LogP) is 4.24. The van der Waals surface area contributed by atoms with Gasteiger partial charge in [-0.3, -0.25) is 0 Å². The first-order valence-electron chi connectivity index (χ1n) is 7.79. The van der Waals surface area contributed by atoms with Crippen molar-refractivity contribution in [3.05, 3.63) is 71.8 Å². The minimum absolute atomic E-state index is 0.335. The maximum absolute atomic E-state index is 5.92. The summed E-state index contributed by atoms with van der Waals surface area (Å²) in [4.78, 5) is 0.335. The highest BCUT2D eigenvalue weighted by atomic mass is 32.1. The number of aryl methyl sites for hydroxylation is 1. The quantitative estimate of drug-likeness (QED) is 0.540. The summed E-state index contributed by atoms with van der Waals surface area (Å²) in [7, 11) is 0. The lowest BCUT2D eigenvalue weighted by atomic mass is 10.0. The third-order valence-corrected chi connectivity index (χ3v) is 4.03. The number of hydrogen-bond acceptors (Lipinski definition) is 3. The summed E-state index contributed by atoms with van der Waals surface area (Å²) in [5.74, 6) is 1.56. The van der Waals surface area contributed by atoms with Crippen molar-refractivity contribution in [1.29, 1.82) is 0 Å². The fraction of sp³-hybridized carbons (Fsp3) is 0.150. The molecule has 3 rings (SSSR count). The van der Waals surface area contributed by atoms with Crippen LogP contribution in [0.5, 0.6) is 11.5 Å². The number of rotatable bonds is 6. The summed E-state index contributed by atoms with van der Waals surface area (Å²) in [5.41, 5.74) is 7.80. The molecule has 2 N–H and O–H groups in total. The molecular formula is C20H19NO2S. The lowest BCUT2D eigenvalue weighted by molar-refractivity contribution is 0.216. The lowest BCUT2D eigenvalue weighted by Crippen LogP contribution is -2.15. The van der Waals surface area contributed by atoms with Crippen molar-refractivity contribution in [2.45, 2.75) is 6.92 Å². The van der Waals surface area contributed by atoms with Crippen LogP contribution >= 0.6 is 12.2 Å². The van der Waals surface area contributed by atoms with Crippen LogP contribution < -0.4 is 15.2 Å². The second kappa shape index (κ2) is 7.32. The van der Waals surface area contributed by atoms with Gasteiger partial charge in [0, 0.05) is 0 Å². The van der Waals surface area contributed by atoms with E-state index >= 15 is 0 Å². The van der Waals surface area contributed by atoms with Crippen molar-refractivity contribution >= 4 is 28.0 Å². The average Bonchev–Trinajstić information content (AvgIpc) is 2.59. The molecule has 0 bridgehead atoms. The molecule has 0 aliphatic heterocycles. The summed E-state index contributed by atoms with van der Waals surface area (Å²) >= 11 is 5.22. The van der Waals surface area contributed by atoms with E-state index in [0.29, 0.717) is 24.0 Å². The Morgan fingerprint density at radius 3 is 2.29 bits per heavy atom. The van der Waals surface area contributed by atoms with E-state index in [1.165, 1.54) is 0 Å². The molecule has 0 amide bonds. The molecule has 0 heterocycles. The van der Waals surface area contributed by atoms with Crippen molar-refractivity contribution < 1.29 is 9.47 Å². The Bertz CT molecular complexity index is 876. The summed E-state index contributed by atoms with van der Waals surface area (Å²) in [6.45, 7) is 2.89. The first-order valence-corrected chi connectivity index (χ1v) is 8.20. The van der Waals surface area contributed by atoms with E-state index in [1.54, 1.807) is 0 Å². The predicted molar refractivity (Wildman–Crippen MR) is 102 cm³/mol. The van der Waals surface area contributed by atoms with Crippen molar-refractivity contribution in [3.63, 3.8) is 0 Å². The normalized spacial score (nSPS) is 10.5. The Morgan fingerprint density at radius 1 is 0.875 bits per heavy atom. The number of benzene rings is 3. The second-order valence-electron chi connectivity index (χ2n) is 5.49. The Balaban J connectivity index is 1.72. The van der Waals surface area contributed by atoms with E-state index in [9.17, 15) is 0 Å². The molecule has 4 heteroatoms. The maximum Gasteiger partial charge on any atom is 0.130 e. The number of thiocarbonyl (C=S) groups is 1. The first kappa shape index (κ1) is 16.3. The van der Waals surface area contributed by atoms with Crippen LogP contribution in [0, 0.1) is 6.92 Å². The van der Waals surface area contributed by atoms with Gasteiger partial charge in [0.05, 0.1) is 5.56 Å². The van der Waals surface area contributed by atoms with Crippen LogP contribution in [0.1, 0.15) is 11.1 Å². The Labute approximate surface area is 147 Å². The molecule has 0 fully saturated rings. The van der Waals surface area contributed by atoms with E-state index in [-0.39, 0.29) is 0 Å². The number of nitrogens with two attached hydrogens (primary N) is 1. The van der Waals surface area contributed by atoms with Crippen LogP contribution in [0.25, 0.3) is 10.8 Å². The van der Waals surface area contributed by atoms with Gasteiger partial charge >= 0.3 is 0 Å². The molecule has 0 aliphatic rings. The van der Waals surface area contributed by atoms with Gasteiger partial charge in [-0.25, -0.2) is 0 Å². The van der Waals surface area contributed by atoms with Gasteiger partial charge in [0.2, 0.25) is 0 Å². The minimum atomic E-state index is 0.335. The zero-order valence-corrected chi connectivity index (χ0v) is 14.3. The molecule has 3 nitrogen and oxygen atoms in total. The molecule has 0 saturated heterocycles. The highest BCUT2D eigenvalue weighted by molar-refractivity contribution is 7.80.